The summed E-state index contributed by atoms with van der Waals surface area (Å²) in [6.45, 7) is 0.371. The molecule has 0 saturated heterocycles. The molecule has 0 atom stereocenters. The van der Waals surface area contributed by atoms with Crippen LogP contribution in [0, 0.1) is 0 Å². The lowest BCUT2D eigenvalue weighted by atomic mass is 10.2. The summed E-state index contributed by atoms with van der Waals surface area (Å²) in [6.07, 6.45) is 0. The number of nitrogens with zero attached hydrogens (tertiary/aromatic N) is 1. The molecule has 2 aromatic carbocycles. The van der Waals surface area contributed by atoms with Gasteiger partial charge in [0.1, 0.15) is 0 Å². The third-order valence-electron chi connectivity index (χ3n) is 2.53. The van der Waals surface area contributed by atoms with Gasteiger partial charge < -0.3 is 9.79 Å². The lowest BCUT2D eigenvalue weighted by molar-refractivity contribution is 0.231. The maximum atomic E-state index is 9.71. The Kier molecular flexibility index (Phi) is 4.88. The quantitative estimate of drug-likeness (QED) is 0.824. The van der Waals surface area contributed by atoms with Crippen LogP contribution in [0.25, 0.3) is 0 Å². The molecule has 0 fully saturated rings. The monoisotopic (exact) mass is 277 g/mol. The van der Waals surface area contributed by atoms with Crippen LogP contribution >= 0.6 is 7.74 Å². The Hall–Kier alpha value is -1.45. The number of rotatable bonds is 5. The fraction of sp³-hybridized carbons (Fsp3) is 0.143. The topological polar surface area (TPSA) is 62.0 Å². The van der Waals surface area contributed by atoms with Crippen molar-refractivity contribution in [3.8, 4) is 0 Å². The minimum absolute atomic E-state index is 0.139. The average molecular weight is 277 g/mol. The number of hydrogen-bond donors (Lipinski definition) is 2. The molecule has 2 rings (SSSR count). The molecule has 0 saturated carbocycles. The van der Waals surface area contributed by atoms with Crippen molar-refractivity contribution in [3.05, 3.63) is 71.8 Å². The highest BCUT2D eigenvalue weighted by Gasteiger charge is 2.12. The van der Waals surface area contributed by atoms with Crippen LogP contribution in [-0.2, 0) is 17.7 Å². The molecule has 0 aromatic heterocycles. The largest absolute Gasteiger partial charge is 0.350 e. The number of hydrogen-bond acceptors (Lipinski definition) is 2. The fourth-order valence-electron chi connectivity index (χ4n) is 1.53. The fourth-order valence-corrected chi connectivity index (χ4v) is 2.28. The summed E-state index contributed by atoms with van der Waals surface area (Å²) in [5.41, 5.74) is 1.79. The predicted molar refractivity (Wildman–Crippen MR) is 75.2 cm³/mol. The van der Waals surface area contributed by atoms with Gasteiger partial charge in [-0.25, -0.2) is 4.74 Å². The van der Waals surface area contributed by atoms with Crippen LogP contribution in [0.2, 0.25) is 0 Å². The molecule has 0 aliphatic rings. The lowest BCUT2D eigenvalue weighted by Crippen LogP contribution is -1.92. The molecule has 0 aliphatic carbocycles. The van der Waals surface area contributed by atoms with Crippen LogP contribution in [0.15, 0.2) is 65.4 Å². The van der Waals surface area contributed by atoms with Gasteiger partial charge in [-0.05, 0) is 11.1 Å². The van der Waals surface area contributed by atoms with Crippen molar-refractivity contribution < 1.29 is 14.3 Å². The standard InChI is InChI=1S/C14H16NO3P/c16-19(17,15-11-13-7-3-1-4-8-13)18-12-14-9-5-2-6-10-14/h1-10,16-17H,11-12H2. The van der Waals surface area contributed by atoms with Crippen molar-refractivity contribution in [2.75, 3.05) is 0 Å². The molecule has 0 spiro atoms. The van der Waals surface area contributed by atoms with Gasteiger partial charge in [-0.2, -0.15) is 0 Å². The molecule has 2 aromatic rings. The van der Waals surface area contributed by atoms with Gasteiger partial charge in [0.05, 0.1) is 13.2 Å². The summed E-state index contributed by atoms with van der Waals surface area (Å²) in [7, 11) is -3.65. The summed E-state index contributed by atoms with van der Waals surface area (Å²) < 4.78 is 8.93. The second-order valence-corrected chi connectivity index (χ2v) is 5.63. The van der Waals surface area contributed by atoms with E-state index < -0.39 is 7.74 Å². The van der Waals surface area contributed by atoms with Crippen LogP contribution in [0.3, 0.4) is 0 Å². The molecule has 19 heavy (non-hydrogen) atoms. The van der Waals surface area contributed by atoms with Crippen LogP contribution in [0.4, 0.5) is 0 Å². The summed E-state index contributed by atoms with van der Waals surface area (Å²) >= 11 is 0. The zero-order chi connectivity index (χ0) is 13.6. The van der Waals surface area contributed by atoms with Crippen molar-refractivity contribution in [3.63, 3.8) is 0 Å². The first-order chi connectivity index (χ1) is 9.16. The smallest absolute Gasteiger partial charge is 0.319 e. The zero-order valence-corrected chi connectivity index (χ0v) is 11.3. The maximum absolute atomic E-state index is 9.71. The van der Waals surface area contributed by atoms with E-state index in [-0.39, 0.29) is 13.2 Å². The summed E-state index contributed by atoms with van der Waals surface area (Å²) in [4.78, 5) is 19.4. The van der Waals surface area contributed by atoms with E-state index in [0.717, 1.165) is 11.1 Å². The predicted octanol–water partition coefficient (Wildman–Crippen LogP) is 3.33. The average Bonchev–Trinajstić information content (AvgIpc) is 2.46. The highest BCUT2D eigenvalue weighted by Crippen LogP contribution is 2.42. The van der Waals surface area contributed by atoms with Gasteiger partial charge in [0.2, 0.25) is 0 Å². The van der Waals surface area contributed by atoms with Gasteiger partial charge in [-0.3, -0.25) is 4.52 Å². The molecule has 5 heteroatoms. The highest BCUT2D eigenvalue weighted by atomic mass is 31.2. The van der Waals surface area contributed by atoms with Crippen LogP contribution < -0.4 is 0 Å². The second-order valence-electron chi connectivity index (χ2n) is 4.06. The Balaban J connectivity index is 1.94. The van der Waals surface area contributed by atoms with E-state index in [9.17, 15) is 9.79 Å². The van der Waals surface area contributed by atoms with E-state index >= 15 is 0 Å². The molecule has 4 nitrogen and oxygen atoms in total. The normalized spacial score (nSPS) is 11.3. The lowest BCUT2D eigenvalue weighted by Gasteiger charge is -2.11. The van der Waals surface area contributed by atoms with Gasteiger partial charge in [0, 0.05) is 0 Å². The molecule has 0 bridgehead atoms. The molecule has 0 amide bonds. The highest BCUT2D eigenvalue weighted by molar-refractivity contribution is 7.49. The molecular weight excluding hydrogens is 261 g/mol. The van der Waals surface area contributed by atoms with Gasteiger partial charge in [0.25, 0.3) is 0 Å². The molecule has 0 radical (unpaired) electrons. The van der Waals surface area contributed by atoms with E-state index in [4.69, 9.17) is 4.52 Å². The first kappa shape index (κ1) is 14.0. The van der Waals surface area contributed by atoms with Crippen molar-refractivity contribution >= 4 is 7.74 Å². The van der Waals surface area contributed by atoms with E-state index in [0.29, 0.717) is 0 Å². The van der Waals surface area contributed by atoms with E-state index in [1.54, 1.807) is 0 Å². The SMILES string of the molecule is OP(O)(=NCc1ccccc1)OCc1ccccc1. The van der Waals surface area contributed by atoms with Crippen LogP contribution in [0.1, 0.15) is 11.1 Å². The van der Waals surface area contributed by atoms with Gasteiger partial charge in [-0.1, -0.05) is 60.7 Å². The van der Waals surface area contributed by atoms with Gasteiger partial charge in [-0.15, -0.1) is 0 Å². The molecular formula is C14H16NO3P. The van der Waals surface area contributed by atoms with Gasteiger partial charge >= 0.3 is 7.74 Å². The Morgan fingerprint density at radius 2 is 1.37 bits per heavy atom. The molecule has 0 heterocycles. The van der Waals surface area contributed by atoms with Crippen LogP contribution in [-0.4, -0.2) is 9.79 Å². The maximum Gasteiger partial charge on any atom is 0.350 e. The van der Waals surface area contributed by atoms with E-state index in [1.807, 2.05) is 60.7 Å². The third-order valence-corrected chi connectivity index (χ3v) is 3.51. The molecule has 0 unspecified atom stereocenters. The minimum atomic E-state index is -3.65. The van der Waals surface area contributed by atoms with E-state index in [1.165, 1.54) is 0 Å². The van der Waals surface area contributed by atoms with Crippen molar-refractivity contribution in [2.45, 2.75) is 13.2 Å². The van der Waals surface area contributed by atoms with Crippen LogP contribution in [0.5, 0.6) is 0 Å². The summed E-state index contributed by atoms with van der Waals surface area (Å²) in [5.74, 6) is 0. The molecule has 2 N–H and O–H groups in total. The Bertz CT molecular complexity index is 551. The molecule has 0 aliphatic heterocycles. The Morgan fingerprint density at radius 3 is 1.95 bits per heavy atom. The Labute approximate surface area is 112 Å². The molecule has 100 valence electrons. The van der Waals surface area contributed by atoms with Crippen molar-refractivity contribution in [1.82, 2.24) is 0 Å². The summed E-state index contributed by atoms with van der Waals surface area (Å²) in [6, 6.07) is 18.8. The van der Waals surface area contributed by atoms with Crippen molar-refractivity contribution in [1.29, 1.82) is 0 Å². The van der Waals surface area contributed by atoms with Gasteiger partial charge in [0.15, 0.2) is 0 Å². The minimum Gasteiger partial charge on any atom is -0.319 e. The first-order valence-electron chi connectivity index (χ1n) is 5.92. The number of benzene rings is 2. The van der Waals surface area contributed by atoms with E-state index in [2.05, 4.69) is 4.74 Å². The van der Waals surface area contributed by atoms with Crippen molar-refractivity contribution in [2.24, 2.45) is 4.74 Å². The first-order valence-corrected chi connectivity index (χ1v) is 7.48. The second kappa shape index (κ2) is 6.64. The zero-order valence-electron chi connectivity index (χ0n) is 10.4. The summed E-state index contributed by atoms with van der Waals surface area (Å²) in [5, 5.41) is 0. The Morgan fingerprint density at radius 1 is 0.842 bits per heavy atom. The third kappa shape index (κ3) is 4.97.